The molecule has 2 amide bonds. The first-order valence-electron chi connectivity index (χ1n) is 5.59. The number of nitrogens with one attached hydrogen (secondary N) is 1. The third kappa shape index (κ3) is 3.66. The van der Waals surface area contributed by atoms with E-state index in [0.717, 1.165) is 6.42 Å². The molecule has 0 bridgehead atoms. The Kier molecular flexibility index (Phi) is 5.34. The van der Waals surface area contributed by atoms with Gasteiger partial charge in [0.1, 0.15) is 6.04 Å². The Hall–Kier alpha value is -1.17. The fourth-order valence-corrected chi connectivity index (χ4v) is 2.83. The second-order valence-corrected chi connectivity index (χ2v) is 5.13. The SMILES string of the molecule is C/C=C/CCNC(=O)N1C(C)SCC1C(=O)O. The lowest BCUT2D eigenvalue weighted by atomic mass is 10.3. The van der Waals surface area contributed by atoms with Crippen LogP contribution >= 0.6 is 11.8 Å². The summed E-state index contributed by atoms with van der Waals surface area (Å²) in [7, 11) is 0. The molecule has 1 heterocycles. The van der Waals surface area contributed by atoms with Crippen molar-refractivity contribution in [1.82, 2.24) is 10.2 Å². The molecule has 2 atom stereocenters. The van der Waals surface area contributed by atoms with Crippen molar-refractivity contribution in [3.8, 4) is 0 Å². The van der Waals surface area contributed by atoms with E-state index in [1.165, 1.54) is 16.7 Å². The molecule has 1 rings (SSSR count). The van der Waals surface area contributed by atoms with Crippen LogP contribution in [0.5, 0.6) is 0 Å². The van der Waals surface area contributed by atoms with E-state index in [1.807, 2.05) is 26.0 Å². The molecule has 5 nitrogen and oxygen atoms in total. The smallest absolute Gasteiger partial charge is 0.327 e. The zero-order chi connectivity index (χ0) is 12.8. The number of hydrogen-bond donors (Lipinski definition) is 2. The predicted octanol–water partition coefficient (Wildman–Crippen LogP) is 1.51. The molecule has 1 aliphatic heterocycles. The van der Waals surface area contributed by atoms with Crippen molar-refractivity contribution in [3.63, 3.8) is 0 Å². The number of allylic oxidation sites excluding steroid dienone is 1. The van der Waals surface area contributed by atoms with E-state index in [4.69, 9.17) is 5.11 Å². The first-order chi connectivity index (χ1) is 8.07. The zero-order valence-corrected chi connectivity index (χ0v) is 10.9. The van der Waals surface area contributed by atoms with Gasteiger partial charge in [0, 0.05) is 12.3 Å². The Bertz CT molecular complexity index is 320. The number of urea groups is 1. The molecule has 0 radical (unpaired) electrons. The third-order valence-corrected chi connectivity index (χ3v) is 3.78. The summed E-state index contributed by atoms with van der Waals surface area (Å²) >= 11 is 1.48. The van der Waals surface area contributed by atoms with E-state index < -0.39 is 12.0 Å². The maximum atomic E-state index is 11.8. The maximum absolute atomic E-state index is 11.8. The van der Waals surface area contributed by atoms with Crippen LogP contribution in [0.2, 0.25) is 0 Å². The quantitative estimate of drug-likeness (QED) is 0.592. The molecule has 96 valence electrons. The van der Waals surface area contributed by atoms with Crippen molar-refractivity contribution in [2.24, 2.45) is 0 Å². The van der Waals surface area contributed by atoms with Crippen LogP contribution in [-0.4, -0.2) is 45.7 Å². The number of carbonyl (C=O) groups is 2. The van der Waals surface area contributed by atoms with Gasteiger partial charge < -0.3 is 10.4 Å². The minimum absolute atomic E-state index is 0.0854. The van der Waals surface area contributed by atoms with Crippen molar-refractivity contribution in [2.75, 3.05) is 12.3 Å². The molecular formula is C11H18N2O3S. The molecule has 2 unspecified atom stereocenters. The molecule has 0 spiro atoms. The summed E-state index contributed by atoms with van der Waals surface area (Å²) in [5.74, 6) is -0.482. The Morgan fingerprint density at radius 2 is 2.29 bits per heavy atom. The van der Waals surface area contributed by atoms with Crippen LogP contribution in [0.15, 0.2) is 12.2 Å². The molecule has 0 aromatic rings. The number of carboxylic acids is 1. The highest BCUT2D eigenvalue weighted by Gasteiger charge is 2.39. The van der Waals surface area contributed by atoms with Gasteiger partial charge in [-0.15, -0.1) is 11.8 Å². The van der Waals surface area contributed by atoms with E-state index in [2.05, 4.69) is 5.32 Å². The molecule has 0 aromatic carbocycles. The lowest BCUT2D eigenvalue weighted by Gasteiger charge is -2.25. The van der Waals surface area contributed by atoms with Crippen molar-refractivity contribution < 1.29 is 14.7 Å². The monoisotopic (exact) mass is 258 g/mol. The van der Waals surface area contributed by atoms with Crippen molar-refractivity contribution >= 4 is 23.8 Å². The van der Waals surface area contributed by atoms with Gasteiger partial charge in [0.25, 0.3) is 0 Å². The summed E-state index contributed by atoms with van der Waals surface area (Å²) in [5, 5.41) is 11.7. The number of carboxylic acid groups (broad SMARTS) is 1. The zero-order valence-electron chi connectivity index (χ0n) is 10.0. The van der Waals surface area contributed by atoms with Crippen molar-refractivity contribution in [3.05, 3.63) is 12.2 Å². The molecular weight excluding hydrogens is 240 g/mol. The standard InChI is InChI=1S/C11H18N2O3S/c1-3-4-5-6-12-11(16)13-8(2)17-7-9(13)10(14)15/h3-4,8-9H,5-7H2,1-2H3,(H,12,16)(H,14,15)/b4-3+. The van der Waals surface area contributed by atoms with Gasteiger partial charge in [-0.25, -0.2) is 9.59 Å². The summed E-state index contributed by atoms with van der Waals surface area (Å²) in [6.45, 7) is 4.30. The van der Waals surface area contributed by atoms with Crippen LogP contribution in [0, 0.1) is 0 Å². The highest BCUT2D eigenvalue weighted by molar-refractivity contribution is 8.00. The van der Waals surface area contributed by atoms with Gasteiger partial charge in [0.15, 0.2) is 0 Å². The number of hydrogen-bond acceptors (Lipinski definition) is 3. The molecule has 6 heteroatoms. The van der Waals surface area contributed by atoms with Crippen LogP contribution in [0.1, 0.15) is 20.3 Å². The van der Waals surface area contributed by atoms with E-state index in [1.54, 1.807) is 0 Å². The molecule has 1 saturated heterocycles. The average molecular weight is 258 g/mol. The van der Waals surface area contributed by atoms with Crippen LogP contribution in [-0.2, 0) is 4.79 Å². The van der Waals surface area contributed by atoms with Crippen LogP contribution in [0.3, 0.4) is 0 Å². The van der Waals surface area contributed by atoms with Gasteiger partial charge in [-0.1, -0.05) is 12.2 Å². The second-order valence-electron chi connectivity index (χ2n) is 3.78. The van der Waals surface area contributed by atoms with Gasteiger partial charge in [0.05, 0.1) is 5.37 Å². The number of nitrogens with zero attached hydrogens (tertiary/aromatic N) is 1. The van der Waals surface area contributed by atoms with Crippen LogP contribution in [0.4, 0.5) is 4.79 Å². The Balaban J connectivity index is 2.50. The summed E-state index contributed by atoms with van der Waals surface area (Å²) < 4.78 is 0. The minimum atomic E-state index is -0.939. The summed E-state index contributed by atoms with van der Waals surface area (Å²) in [5.41, 5.74) is 0. The number of aliphatic carboxylic acids is 1. The van der Waals surface area contributed by atoms with E-state index >= 15 is 0 Å². The van der Waals surface area contributed by atoms with Crippen LogP contribution < -0.4 is 5.32 Å². The molecule has 17 heavy (non-hydrogen) atoms. The van der Waals surface area contributed by atoms with Crippen molar-refractivity contribution in [2.45, 2.75) is 31.7 Å². The van der Waals surface area contributed by atoms with Gasteiger partial charge in [-0.05, 0) is 20.3 Å². The summed E-state index contributed by atoms with van der Waals surface area (Å²) in [6, 6.07) is -1.00. The summed E-state index contributed by atoms with van der Waals surface area (Å²) in [6.07, 6.45) is 4.63. The van der Waals surface area contributed by atoms with E-state index in [-0.39, 0.29) is 11.4 Å². The fraction of sp³-hybridized carbons (Fsp3) is 0.636. The predicted molar refractivity (Wildman–Crippen MR) is 68.0 cm³/mol. The highest BCUT2D eigenvalue weighted by Crippen LogP contribution is 2.28. The van der Waals surface area contributed by atoms with Gasteiger partial charge in [0.2, 0.25) is 0 Å². The average Bonchev–Trinajstić information content (AvgIpc) is 2.66. The second kappa shape index (κ2) is 6.54. The van der Waals surface area contributed by atoms with Gasteiger partial charge in [-0.3, -0.25) is 4.90 Å². The van der Waals surface area contributed by atoms with Crippen LogP contribution in [0.25, 0.3) is 0 Å². The number of carbonyl (C=O) groups excluding carboxylic acids is 1. The van der Waals surface area contributed by atoms with Crippen molar-refractivity contribution in [1.29, 1.82) is 0 Å². The highest BCUT2D eigenvalue weighted by atomic mass is 32.2. The number of thioether (sulfide) groups is 1. The lowest BCUT2D eigenvalue weighted by Crippen LogP contribution is -2.49. The van der Waals surface area contributed by atoms with E-state index in [9.17, 15) is 9.59 Å². The third-order valence-electron chi connectivity index (χ3n) is 2.57. The lowest BCUT2D eigenvalue weighted by molar-refractivity contribution is -0.141. The number of rotatable bonds is 4. The molecule has 1 fully saturated rings. The fourth-order valence-electron chi connectivity index (χ4n) is 1.66. The first kappa shape index (κ1) is 13.9. The number of amides is 2. The molecule has 0 aliphatic carbocycles. The first-order valence-corrected chi connectivity index (χ1v) is 6.64. The minimum Gasteiger partial charge on any atom is -0.480 e. The molecule has 0 saturated carbocycles. The van der Waals surface area contributed by atoms with Gasteiger partial charge >= 0.3 is 12.0 Å². The maximum Gasteiger partial charge on any atom is 0.327 e. The normalized spacial score (nSPS) is 24.2. The van der Waals surface area contributed by atoms with Gasteiger partial charge in [-0.2, -0.15) is 0 Å². The summed E-state index contributed by atoms with van der Waals surface area (Å²) in [4.78, 5) is 24.2. The molecule has 0 aromatic heterocycles. The topological polar surface area (TPSA) is 69.6 Å². The molecule has 1 aliphatic rings. The van der Waals surface area contributed by atoms with E-state index in [0.29, 0.717) is 12.3 Å². The Morgan fingerprint density at radius 3 is 2.88 bits per heavy atom. The Labute approximate surface area is 105 Å². The molecule has 2 N–H and O–H groups in total. The largest absolute Gasteiger partial charge is 0.480 e. The Morgan fingerprint density at radius 1 is 1.59 bits per heavy atom.